The predicted octanol–water partition coefficient (Wildman–Crippen LogP) is 5.59. The Morgan fingerprint density at radius 2 is 2.14 bits per heavy atom. The average Bonchev–Trinajstić information content (AvgIpc) is 3.25. The van der Waals surface area contributed by atoms with E-state index in [0.29, 0.717) is 12.2 Å². The van der Waals surface area contributed by atoms with Crippen LogP contribution in [-0.4, -0.2) is 30.5 Å². The van der Waals surface area contributed by atoms with Gasteiger partial charge in [0.1, 0.15) is 6.23 Å². The van der Waals surface area contributed by atoms with Crippen LogP contribution in [0.2, 0.25) is 0 Å². The van der Waals surface area contributed by atoms with Gasteiger partial charge in [-0.2, -0.15) is 0 Å². The van der Waals surface area contributed by atoms with Crippen molar-refractivity contribution in [1.29, 1.82) is 0 Å². The first-order chi connectivity index (χ1) is 13.4. The van der Waals surface area contributed by atoms with E-state index in [2.05, 4.69) is 30.9 Å². The van der Waals surface area contributed by atoms with E-state index in [1.54, 1.807) is 11.3 Å². The summed E-state index contributed by atoms with van der Waals surface area (Å²) in [6.45, 7) is 8.14. The number of aromatic carboxylic acids is 1. The Morgan fingerprint density at radius 3 is 2.89 bits per heavy atom. The molecule has 1 aromatic carbocycles. The van der Waals surface area contributed by atoms with Gasteiger partial charge in [0.15, 0.2) is 0 Å². The molecule has 1 aromatic heterocycles. The number of carbonyl (C=O) groups is 1. The van der Waals surface area contributed by atoms with Crippen LogP contribution in [0, 0.1) is 5.41 Å². The second-order valence-corrected chi connectivity index (χ2v) is 9.72. The highest BCUT2D eigenvalue weighted by Crippen LogP contribution is 2.47. The molecular formula is C23H29NO3S. The smallest absolute Gasteiger partial charge is 0.337 e. The topological polar surface area (TPSA) is 49.8 Å². The minimum absolute atomic E-state index is 0.0768. The van der Waals surface area contributed by atoms with Crippen LogP contribution in [0.15, 0.2) is 24.3 Å². The van der Waals surface area contributed by atoms with Crippen LogP contribution in [-0.2, 0) is 17.6 Å². The van der Waals surface area contributed by atoms with Gasteiger partial charge in [-0.1, -0.05) is 32.0 Å². The summed E-state index contributed by atoms with van der Waals surface area (Å²) in [6.07, 6.45) is 5.12. The van der Waals surface area contributed by atoms with Crippen molar-refractivity contribution in [3.63, 3.8) is 0 Å². The van der Waals surface area contributed by atoms with Crippen LogP contribution in [0.3, 0.4) is 0 Å². The lowest BCUT2D eigenvalue weighted by molar-refractivity contribution is 0.0695. The summed E-state index contributed by atoms with van der Waals surface area (Å²) in [5.41, 5.74) is 3.86. The molecule has 1 saturated heterocycles. The standard InChI is InChI=1S/C23H29NO3S/c1-4-27-19-10-7-13-24(19)17-9-6-5-8-15(17)21-20(22(25)26)16-14-23(2,3)12-11-18(16)28-21/h5-6,8-9,19H,4,7,10-14H2,1-3H3,(H,25,26)/t19-/m0/s1. The molecule has 0 spiro atoms. The number of ether oxygens (including phenoxy) is 1. The van der Waals surface area contributed by atoms with Crippen molar-refractivity contribution in [1.82, 2.24) is 0 Å². The highest BCUT2D eigenvalue weighted by molar-refractivity contribution is 7.16. The summed E-state index contributed by atoms with van der Waals surface area (Å²) in [5, 5.41) is 10.1. The zero-order valence-electron chi connectivity index (χ0n) is 17.0. The van der Waals surface area contributed by atoms with E-state index in [1.807, 2.05) is 19.1 Å². The molecule has 2 aliphatic rings. The highest BCUT2D eigenvalue weighted by atomic mass is 32.1. The van der Waals surface area contributed by atoms with E-state index in [0.717, 1.165) is 60.3 Å². The maximum absolute atomic E-state index is 12.3. The number of fused-ring (bicyclic) bond motifs is 1. The number of carboxylic acids is 1. The second kappa shape index (κ2) is 7.53. The first kappa shape index (κ1) is 19.5. The fourth-order valence-corrected chi connectivity index (χ4v) is 5.97. The van der Waals surface area contributed by atoms with Gasteiger partial charge < -0.3 is 14.7 Å². The van der Waals surface area contributed by atoms with Crippen LogP contribution in [0.5, 0.6) is 0 Å². The number of anilines is 1. The molecule has 1 N–H and O–H groups in total. The molecule has 0 bridgehead atoms. The van der Waals surface area contributed by atoms with Gasteiger partial charge in [0, 0.05) is 29.3 Å². The number of aryl methyl sites for hydroxylation is 1. The lowest BCUT2D eigenvalue weighted by Gasteiger charge is -2.29. The van der Waals surface area contributed by atoms with Crippen LogP contribution in [0.1, 0.15) is 60.8 Å². The first-order valence-corrected chi connectivity index (χ1v) is 11.1. The number of carboxylic acid groups (broad SMARTS) is 1. The van der Waals surface area contributed by atoms with Crippen LogP contribution < -0.4 is 4.90 Å². The van der Waals surface area contributed by atoms with Gasteiger partial charge in [-0.25, -0.2) is 4.79 Å². The molecule has 1 aliphatic heterocycles. The maximum Gasteiger partial charge on any atom is 0.337 e. The van der Waals surface area contributed by atoms with Crippen molar-refractivity contribution >= 4 is 23.0 Å². The predicted molar refractivity (Wildman–Crippen MR) is 115 cm³/mol. The lowest BCUT2D eigenvalue weighted by Crippen LogP contribution is -2.31. The quantitative estimate of drug-likeness (QED) is 0.712. The van der Waals surface area contributed by atoms with Crippen LogP contribution in [0.25, 0.3) is 10.4 Å². The molecule has 5 heteroatoms. The van der Waals surface area contributed by atoms with Gasteiger partial charge in [-0.15, -0.1) is 11.3 Å². The summed E-state index contributed by atoms with van der Waals surface area (Å²) in [4.78, 5) is 16.8. The minimum atomic E-state index is -0.803. The molecule has 4 rings (SSSR count). The van der Waals surface area contributed by atoms with E-state index in [4.69, 9.17) is 4.74 Å². The number of para-hydroxylation sites is 1. The largest absolute Gasteiger partial charge is 0.478 e. The highest BCUT2D eigenvalue weighted by Gasteiger charge is 2.34. The number of benzene rings is 1. The van der Waals surface area contributed by atoms with Crippen molar-refractivity contribution in [2.24, 2.45) is 5.41 Å². The van der Waals surface area contributed by atoms with Crippen molar-refractivity contribution in [3.8, 4) is 10.4 Å². The minimum Gasteiger partial charge on any atom is -0.478 e. The number of hydrogen-bond donors (Lipinski definition) is 1. The molecule has 2 heterocycles. The number of hydrogen-bond acceptors (Lipinski definition) is 4. The molecule has 1 fully saturated rings. The number of nitrogens with zero attached hydrogens (tertiary/aromatic N) is 1. The van der Waals surface area contributed by atoms with Gasteiger partial charge in [0.25, 0.3) is 0 Å². The average molecular weight is 400 g/mol. The molecule has 0 unspecified atom stereocenters. The van der Waals surface area contributed by atoms with E-state index in [-0.39, 0.29) is 11.6 Å². The Kier molecular flexibility index (Phi) is 5.23. The van der Waals surface area contributed by atoms with Crippen molar-refractivity contribution in [2.45, 2.75) is 59.1 Å². The summed E-state index contributed by atoms with van der Waals surface area (Å²) < 4.78 is 5.96. The maximum atomic E-state index is 12.3. The Balaban J connectivity index is 1.83. The van der Waals surface area contributed by atoms with Crippen molar-refractivity contribution in [2.75, 3.05) is 18.1 Å². The van der Waals surface area contributed by atoms with Gasteiger partial charge in [-0.3, -0.25) is 0 Å². The van der Waals surface area contributed by atoms with Crippen molar-refractivity contribution < 1.29 is 14.6 Å². The molecule has 1 aliphatic carbocycles. The Bertz CT molecular complexity index is 886. The number of rotatable bonds is 5. The fraction of sp³-hybridized carbons (Fsp3) is 0.522. The molecule has 1 atom stereocenters. The molecule has 0 amide bonds. The van der Waals surface area contributed by atoms with Gasteiger partial charge in [-0.05, 0) is 56.1 Å². The van der Waals surface area contributed by atoms with Crippen molar-refractivity contribution in [3.05, 3.63) is 40.3 Å². The molecule has 0 saturated carbocycles. The molecular weight excluding hydrogens is 370 g/mol. The Labute approximate surface area is 171 Å². The molecule has 150 valence electrons. The summed E-state index contributed by atoms with van der Waals surface area (Å²) >= 11 is 1.68. The summed E-state index contributed by atoms with van der Waals surface area (Å²) in [6, 6.07) is 8.24. The van der Waals surface area contributed by atoms with Gasteiger partial charge in [0.2, 0.25) is 0 Å². The Hall–Kier alpha value is -1.85. The monoisotopic (exact) mass is 399 g/mol. The molecule has 0 radical (unpaired) electrons. The summed E-state index contributed by atoms with van der Waals surface area (Å²) in [5.74, 6) is -0.803. The van der Waals surface area contributed by atoms with Gasteiger partial charge in [0.05, 0.1) is 10.4 Å². The van der Waals surface area contributed by atoms with Crippen LogP contribution in [0.4, 0.5) is 5.69 Å². The lowest BCUT2D eigenvalue weighted by atomic mass is 9.76. The first-order valence-electron chi connectivity index (χ1n) is 10.3. The SMILES string of the molecule is CCO[C@H]1CCCN1c1ccccc1-c1sc2c(c1C(=O)O)CC(C)(C)CC2. The normalized spacial score (nSPS) is 21.0. The Morgan fingerprint density at radius 1 is 1.36 bits per heavy atom. The second-order valence-electron chi connectivity index (χ2n) is 8.62. The third-order valence-electron chi connectivity index (χ3n) is 6.00. The third-order valence-corrected chi connectivity index (χ3v) is 7.33. The zero-order chi connectivity index (χ0) is 19.9. The molecule has 4 nitrogen and oxygen atoms in total. The summed E-state index contributed by atoms with van der Waals surface area (Å²) in [7, 11) is 0. The van der Waals surface area contributed by atoms with E-state index in [9.17, 15) is 9.90 Å². The van der Waals surface area contributed by atoms with E-state index >= 15 is 0 Å². The molecule has 2 aromatic rings. The van der Waals surface area contributed by atoms with E-state index in [1.165, 1.54) is 4.88 Å². The molecule has 28 heavy (non-hydrogen) atoms. The number of thiophene rings is 1. The van der Waals surface area contributed by atoms with E-state index < -0.39 is 5.97 Å². The van der Waals surface area contributed by atoms with Gasteiger partial charge >= 0.3 is 5.97 Å². The fourth-order valence-electron chi connectivity index (χ4n) is 4.63. The zero-order valence-corrected chi connectivity index (χ0v) is 17.8. The van der Waals surface area contributed by atoms with Crippen LogP contribution >= 0.6 is 11.3 Å². The third kappa shape index (κ3) is 3.46.